The smallest absolute Gasteiger partial charge is 0.271 e. The minimum atomic E-state index is -0.754. The first-order chi connectivity index (χ1) is 10.0. The van der Waals surface area contributed by atoms with Gasteiger partial charge in [-0.1, -0.05) is 0 Å². The predicted octanol–water partition coefficient (Wildman–Crippen LogP) is 3.27. The Morgan fingerprint density at radius 3 is 2.38 bits per heavy atom. The summed E-state index contributed by atoms with van der Waals surface area (Å²) < 4.78 is 18.8. The van der Waals surface area contributed by atoms with Crippen molar-refractivity contribution < 1.29 is 14.1 Å². The summed E-state index contributed by atoms with van der Waals surface area (Å²) in [4.78, 5) is 10.00. The van der Waals surface area contributed by atoms with E-state index < -0.39 is 10.7 Å². The molecule has 2 aromatic rings. The Morgan fingerprint density at radius 2 is 1.81 bits per heavy atom. The van der Waals surface area contributed by atoms with Crippen molar-refractivity contribution in [1.29, 1.82) is 10.5 Å². The zero-order valence-corrected chi connectivity index (χ0v) is 10.4. The summed E-state index contributed by atoms with van der Waals surface area (Å²) in [5, 5.41) is 28.2. The second-order valence-corrected chi connectivity index (χ2v) is 3.90. The van der Waals surface area contributed by atoms with Gasteiger partial charge in [0.05, 0.1) is 10.5 Å². The molecule has 0 radical (unpaired) electrons. The lowest BCUT2D eigenvalue weighted by Crippen LogP contribution is -1.93. The van der Waals surface area contributed by atoms with Crippen molar-refractivity contribution in [3.8, 4) is 23.6 Å². The molecule has 21 heavy (non-hydrogen) atoms. The normalized spacial score (nSPS) is 9.48. The highest BCUT2D eigenvalue weighted by atomic mass is 19.1. The van der Waals surface area contributed by atoms with Crippen molar-refractivity contribution >= 4 is 5.69 Å². The van der Waals surface area contributed by atoms with Crippen LogP contribution in [0.4, 0.5) is 10.1 Å². The van der Waals surface area contributed by atoms with Crippen LogP contribution in [0.5, 0.6) is 11.5 Å². The fourth-order valence-corrected chi connectivity index (χ4v) is 1.58. The third-order valence-corrected chi connectivity index (χ3v) is 2.58. The van der Waals surface area contributed by atoms with E-state index in [-0.39, 0.29) is 28.3 Å². The Morgan fingerprint density at radius 1 is 1.10 bits per heavy atom. The van der Waals surface area contributed by atoms with Crippen LogP contribution in [0.15, 0.2) is 36.4 Å². The van der Waals surface area contributed by atoms with Crippen LogP contribution in [0.3, 0.4) is 0 Å². The van der Waals surface area contributed by atoms with Gasteiger partial charge >= 0.3 is 0 Å². The largest absolute Gasteiger partial charge is 0.456 e. The summed E-state index contributed by atoms with van der Waals surface area (Å²) in [6.07, 6.45) is 0. The quantitative estimate of drug-likeness (QED) is 0.635. The lowest BCUT2D eigenvalue weighted by atomic mass is 10.2. The predicted molar refractivity (Wildman–Crippen MR) is 69.0 cm³/mol. The fourth-order valence-electron chi connectivity index (χ4n) is 1.58. The van der Waals surface area contributed by atoms with Crippen molar-refractivity contribution in [1.82, 2.24) is 0 Å². The monoisotopic (exact) mass is 283 g/mol. The van der Waals surface area contributed by atoms with Gasteiger partial charge in [0.15, 0.2) is 0 Å². The number of rotatable bonds is 3. The van der Waals surface area contributed by atoms with Gasteiger partial charge in [0.2, 0.25) is 0 Å². The summed E-state index contributed by atoms with van der Waals surface area (Å²) in [6, 6.07) is 10.5. The van der Waals surface area contributed by atoms with Crippen molar-refractivity contribution in [3.05, 3.63) is 63.5 Å². The first kappa shape index (κ1) is 14.0. The molecule has 0 N–H and O–H groups in total. The highest BCUT2D eigenvalue weighted by Gasteiger charge is 2.13. The van der Waals surface area contributed by atoms with Gasteiger partial charge in [-0.05, 0) is 18.2 Å². The van der Waals surface area contributed by atoms with Crippen LogP contribution in [0.1, 0.15) is 11.1 Å². The van der Waals surface area contributed by atoms with Crippen LogP contribution in [0.2, 0.25) is 0 Å². The minimum absolute atomic E-state index is 0.0473. The lowest BCUT2D eigenvalue weighted by molar-refractivity contribution is -0.384. The highest BCUT2D eigenvalue weighted by molar-refractivity contribution is 5.51. The van der Waals surface area contributed by atoms with Crippen molar-refractivity contribution in [2.24, 2.45) is 0 Å². The van der Waals surface area contributed by atoms with Gasteiger partial charge in [-0.25, -0.2) is 4.39 Å². The van der Waals surface area contributed by atoms with Gasteiger partial charge in [0, 0.05) is 18.2 Å². The summed E-state index contributed by atoms with van der Waals surface area (Å²) >= 11 is 0. The average Bonchev–Trinajstić information content (AvgIpc) is 2.47. The van der Waals surface area contributed by atoms with Crippen LogP contribution in [-0.2, 0) is 0 Å². The zero-order chi connectivity index (χ0) is 15.4. The molecule has 0 amide bonds. The molecule has 2 aromatic carbocycles. The van der Waals surface area contributed by atoms with E-state index in [1.54, 1.807) is 12.1 Å². The van der Waals surface area contributed by atoms with Crippen LogP contribution in [0, 0.1) is 38.6 Å². The molecular formula is C14H6FN3O3. The van der Waals surface area contributed by atoms with Crippen LogP contribution >= 0.6 is 0 Å². The van der Waals surface area contributed by atoms with Crippen LogP contribution < -0.4 is 4.74 Å². The Labute approximate surface area is 118 Å². The number of non-ortho nitro benzene ring substituents is 1. The molecule has 0 aliphatic heterocycles. The minimum Gasteiger partial charge on any atom is -0.456 e. The molecule has 0 saturated heterocycles. The van der Waals surface area contributed by atoms with Gasteiger partial charge in [-0.3, -0.25) is 10.1 Å². The Balaban J connectivity index is 2.36. The topological polar surface area (TPSA) is 99.9 Å². The molecule has 0 aliphatic rings. The van der Waals surface area contributed by atoms with Crippen molar-refractivity contribution in [3.63, 3.8) is 0 Å². The average molecular weight is 283 g/mol. The SMILES string of the molecule is N#Cc1ccc(Oc2ccc([N+](=O)[O-])cc2C#N)cc1F. The first-order valence-electron chi connectivity index (χ1n) is 5.61. The summed E-state index contributed by atoms with van der Waals surface area (Å²) in [5.41, 5.74) is -0.426. The molecule has 6 nitrogen and oxygen atoms in total. The molecule has 102 valence electrons. The van der Waals surface area contributed by atoms with Crippen LogP contribution in [0.25, 0.3) is 0 Å². The molecule has 2 rings (SSSR count). The molecule has 0 fully saturated rings. The molecule has 0 atom stereocenters. The molecule has 7 heteroatoms. The van der Waals surface area contributed by atoms with Gasteiger partial charge in [0.1, 0.15) is 35.0 Å². The van der Waals surface area contributed by atoms with Gasteiger partial charge in [0.25, 0.3) is 5.69 Å². The molecule has 0 bridgehead atoms. The third kappa shape index (κ3) is 2.94. The maximum atomic E-state index is 13.4. The number of halogens is 1. The number of hydrogen-bond acceptors (Lipinski definition) is 5. The van der Waals surface area contributed by atoms with E-state index in [1.807, 2.05) is 0 Å². The molecule has 0 unspecified atom stereocenters. The van der Waals surface area contributed by atoms with E-state index in [9.17, 15) is 14.5 Å². The number of nitro groups is 1. The van der Waals surface area contributed by atoms with E-state index in [0.29, 0.717) is 0 Å². The fraction of sp³-hybridized carbons (Fsp3) is 0. The van der Waals surface area contributed by atoms with Crippen LogP contribution in [-0.4, -0.2) is 4.92 Å². The van der Waals surface area contributed by atoms with Gasteiger partial charge in [-0.2, -0.15) is 10.5 Å². The second-order valence-electron chi connectivity index (χ2n) is 3.90. The number of nitrogens with zero attached hydrogens (tertiary/aromatic N) is 3. The molecule has 0 spiro atoms. The van der Waals surface area contributed by atoms with E-state index in [4.69, 9.17) is 15.3 Å². The lowest BCUT2D eigenvalue weighted by Gasteiger charge is -2.07. The summed E-state index contributed by atoms with van der Waals surface area (Å²) in [7, 11) is 0. The number of ether oxygens (including phenoxy) is 1. The maximum absolute atomic E-state index is 13.4. The standard InChI is InChI=1S/C14H6FN3O3/c15-13-6-12(3-1-9(13)7-16)21-14-4-2-11(18(19)20)5-10(14)8-17/h1-6H. The molecule has 0 saturated carbocycles. The number of benzene rings is 2. The van der Waals surface area contributed by atoms with E-state index in [1.165, 1.54) is 24.3 Å². The highest BCUT2D eigenvalue weighted by Crippen LogP contribution is 2.29. The first-order valence-corrected chi connectivity index (χ1v) is 5.61. The summed E-state index contributed by atoms with van der Waals surface area (Å²) in [6.45, 7) is 0. The van der Waals surface area contributed by atoms with E-state index in [2.05, 4.69) is 0 Å². The molecule has 0 aromatic heterocycles. The third-order valence-electron chi connectivity index (χ3n) is 2.58. The van der Waals surface area contributed by atoms with Gasteiger partial charge < -0.3 is 4.74 Å². The molecular weight excluding hydrogens is 277 g/mol. The number of hydrogen-bond donors (Lipinski definition) is 0. The second kappa shape index (κ2) is 5.68. The van der Waals surface area contributed by atoms with Gasteiger partial charge in [-0.15, -0.1) is 0 Å². The maximum Gasteiger partial charge on any atom is 0.271 e. The Hall–Kier alpha value is -3.45. The Kier molecular flexibility index (Phi) is 3.78. The van der Waals surface area contributed by atoms with E-state index in [0.717, 1.165) is 12.1 Å². The van der Waals surface area contributed by atoms with E-state index >= 15 is 0 Å². The summed E-state index contributed by atoms with van der Waals surface area (Å²) in [5.74, 6) is -0.612. The molecule has 0 aliphatic carbocycles. The zero-order valence-electron chi connectivity index (χ0n) is 10.4. The van der Waals surface area contributed by atoms with Crippen molar-refractivity contribution in [2.75, 3.05) is 0 Å². The Bertz CT molecular complexity index is 806. The molecule has 0 heterocycles. The number of nitro benzene ring substituents is 1. The number of nitriles is 2. The van der Waals surface area contributed by atoms with Crippen molar-refractivity contribution in [2.45, 2.75) is 0 Å².